The zero-order valence-corrected chi connectivity index (χ0v) is 13.0. The lowest BCUT2D eigenvalue weighted by Crippen LogP contribution is -2.16. The molecule has 0 unspecified atom stereocenters. The summed E-state index contributed by atoms with van der Waals surface area (Å²) in [6.07, 6.45) is 10.6. The molecular formula is C17H24N4. The highest BCUT2D eigenvalue weighted by molar-refractivity contribution is 5.32. The van der Waals surface area contributed by atoms with E-state index in [-0.39, 0.29) is 0 Å². The van der Waals surface area contributed by atoms with E-state index >= 15 is 0 Å². The molecule has 1 aliphatic rings. The number of hydrogen-bond donors (Lipinski definition) is 1. The van der Waals surface area contributed by atoms with Gasteiger partial charge >= 0.3 is 0 Å². The Morgan fingerprint density at radius 1 is 1.24 bits per heavy atom. The first-order chi connectivity index (χ1) is 10.2. The van der Waals surface area contributed by atoms with Crippen LogP contribution in [0.5, 0.6) is 0 Å². The molecule has 0 spiro atoms. The van der Waals surface area contributed by atoms with Gasteiger partial charge < -0.3 is 9.88 Å². The van der Waals surface area contributed by atoms with E-state index in [1.54, 1.807) is 0 Å². The second-order valence-corrected chi connectivity index (χ2v) is 6.03. The molecule has 1 saturated carbocycles. The SMILES string of the molecule is Cc1cn(C2CCCCC2)c(NCc2ncccc2C)n1. The van der Waals surface area contributed by atoms with Crippen molar-refractivity contribution in [2.24, 2.45) is 0 Å². The van der Waals surface area contributed by atoms with Crippen molar-refractivity contribution in [2.75, 3.05) is 5.32 Å². The molecule has 2 aromatic rings. The number of hydrogen-bond acceptors (Lipinski definition) is 3. The van der Waals surface area contributed by atoms with Gasteiger partial charge in [-0.3, -0.25) is 4.98 Å². The molecule has 2 heterocycles. The summed E-state index contributed by atoms with van der Waals surface area (Å²) in [4.78, 5) is 9.10. The number of nitrogens with zero attached hydrogens (tertiary/aromatic N) is 3. The van der Waals surface area contributed by atoms with Gasteiger partial charge in [0.1, 0.15) is 0 Å². The van der Waals surface area contributed by atoms with Crippen molar-refractivity contribution in [2.45, 2.75) is 58.5 Å². The Balaban J connectivity index is 1.74. The summed E-state index contributed by atoms with van der Waals surface area (Å²) in [5, 5.41) is 3.48. The molecule has 21 heavy (non-hydrogen) atoms. The van der Waals surface area contributed by atoms with E-state index in [0.717, 1.165) is 23.9 Å². The minimum Gasteiger partial charge on any atom is -0.350 e. The average molecular weight is 284 g/mol. The Labute approximate surface area is 126 Å². The minimum atomic E-state index is 0.604. The molecule has 1 aliphatic carbocycles. The van der Waals surface area contributed by atoms with Crippen LogP contribution in [0.4, 0.5) is 5.95 Å². The van der Waals surface area contributed by atoms with Gasteiger partial charge in [0.05, 0.1) is 17.9 Å². The first kappa shape index (κ1) is 14.1. The predicted molar refractivity (Wildman–Crippen MR) is 85.4 cm³/mol. The lowest BCUT2D eigenvalue weighted by molar-refractivity contribution is 0.355. The van der Waals surface area contributed by atoms with Crippen molar-refractivity contribution >= 4 is 5.95 Å². The van der Waals surface area contributed by atoms with Crippen LogP contribution >= 0.6 is 0 Å². The maximum Gasteiger partial charge on any atom is 0.203 e. The van der Waals surface area contributed by atoms with Crippen LogP contribution in [-0.4, -0.2) is 14.5 Å². The quantitative estimate of drug-likeness (QED) is 0.922. The van der Waals surface area contributed by atoms with E-state index < -0.39 is 0 Å². The zero-order valence-electron chi connectivity index (χ0n) is 13.0. The molecular weight excluding hydrogens is 260 g/mol. The molecule has 0 aromatic carbocycles. The van der Waals surface area contributed by atoms with Crippen LogP contribution in [0.3, 0.4) is 0 Å². The summed E-state index contributed by atoms with van der Waals surface area (Å²) in [6, 6.07) is 4.68. The third-order valence-electron chi connectivity index (χ3n) is 4.35. The standard InChI is InChI=1S/C17H24N4/c1-13-7-6-10-18-16(13)11-19-17-20-14(2)12-21(17)15-8-4-3-5-9-15/h6-7,10,12,15H,3-5,8-9,11H2,1-2H3,(H,19,20). The number of aromatic nitrogens is 3. The number of rotatable bonds is 4. The summed E-state index contributed by atoms with van der Waals surface area (Å²) in [7, 11) is 0. The van der Waals surface area contributed by atoms with E-state index in [0.29, 0.717) is 6.04 Å². The van der Waals surface area contributed by atoms with Crippen molar-refractivity contribution in [1.29, 1.82) is 0 Å². The second kappa shape index (κ2) is 6.29. The molecule has 0 radical (unpaired) electrons. The second-order valence-electron chi connectivity index (χ2n) is 6.03. The average Bonchev–Trinajstić information content (AvgIpc) is 2.88. The Hall–Kier alpha value is -1.84. The van der Waals surface area contributed by atoms with Crippen molar-refractivity contribution in [3.05, 3.63) is 41.5 Å². The van der Waals surface area contributed by atoms with Crippen molar-refractivity contribution in [1.82, 2.24) is 14.5 Å². The van der Waals surface area contributed by atoms with Crippen LogP contribution in [-0.2, 0) is 6.54 Å². The Bertz CT molecular complexity index is 597. The van der Waals surface area contributed by atoms with Crippen LogP contribution < -0.4 is 5.32 Å². The summed E-state index contributed by atoms with van der Waals surface area (Å²) < 4.78 is 2.34. The molecule has 3 rings (SSSR count). The van der Waals surface area contributed by atoms with Gasteiger partial charge in [-0.25, -0.2) is 4.98 Å². The highest BCUT2D eigenvalue weighted by Crippen LogP contribution is 2.30. The zero-order chi connectivity index (χ0) is 14.7. The molecule has 0 amide bonds. The number of anilines is 1. The fourth-order valence-electron chi connectivity index (χ4n) is 3.15. The maximum absolute atomic E-state index is 4.65. The van der Waals surface area contributed by atoms with Gasteiger partial charge in [-0.2, -0.15) is 0 Å². The predicted octanol–water partition coefficient (Wildman–Crippen LogP) is 4.01. The topological polar surface area (TPSA) is 42.7 Å². The van der Waals surface area contributed by atoms with Gasteiger partial charge in [0, 0.05) is 18.4 Å². The van der Waals surface area contributed by atoms with E-state index in [2.05, 4.69) is 46.0 Å². The molecule has 4 nitrogen and oxygen atoms in total. The highest BCUT2D eigenvalue weighted by Gasteiger charge is 2.18. The van der Waals surface area contributed by atoms with Gasteiger partial charge in [0.2, 0.25) is 5.95 Å². The molecule has 2 aromatic heterocycles. The van der Waals surface area contributed by atoms with Crippen molar-refractivity contribution in [3.63, 3.8) is 0 Å². The van der Waals surface area contributed by atoms with Crippen LogP contribution in [0.15, 0.2) is 24.5 Å². The summed E-state index contributed by atoms with van der Waals surface area (Å²) in [6.45, 7) is 4.90. The Kier molecular flexibility index (Phi) is 4.23. The van der Waals surface area contributed by atoms with Gasteiger partial charge in [0.25, 0.3) is 0 Å². The highest BCUT2D eigenvalue weighted by atomic mass is 15.2. The van der Waals surface area contributed by atoms with Crippen molar-refractivity contribution in [3.8, 4) is 0 Å². The smallest absolute Gasteiger partial charge is 0.203 e. The number of imidazole rings is 1. The first-order valence-electron chi connectivity index (χ1n) is 7.94. The van der Waals surface area contributed by atoms with Crippen LogP contribution in [0.2, 0.25) is 0 Å². The molecule has 4 heteroatoms. The fraction of sp³-hybridized carbons (Fsp3) is 0.529. The molecule has 112 valence electrons. The molecule has 0 bridgehead atoms. The largest absolute Gasteiger partial charge is 0.350 e. The molecule has 0 saturated heterocycles. The maximum atomic E-state index is 4.65. The molecule has 0 aliphatic heterocycles. The number of pyridine rings is 1. The summed E-state index contributed by atoms with van der Waals surface area (Å²) >= 11 is 0. The van der Waals surface area contributed by atoms with Crippen LogP contribution in [0.25, 0.3) is 0 Å². The van der Waals surface area contributed by atoms with E-state index in [4.69, 9.17) is 0 Å². The van der Waals surface area contributed by atoms with Crippen molar-refractivity contribution < 1.29 is 0 Å². The van der Waals surface area contributed by atoms with Gasteiger partial charge in [-0.1, -0.05) is 25.3 Å². The lowest BCUT2D eigenvalue weighted by Gasteiger charge is -2.24. The number of aryl methyl sites for hydroxylation is 2. The van der Waals surface area contributed by atoms with Crippen LogP contribution in [0.1, 0.15) is 55.1 Å². The Morgan fingerprint density at radius 2 is 2.05 bits per heavy atom. The van der Waals surface area contributed by atoms with Gasteiger partial charge in [-0.15, -0.1) is 0 Å². The molecule has 0 atom stereocenters. The third kappa shape index (κ3) is 3.26. The van der Waals surface area contributed by atoms with Gasteiger partial charge in [0.15, 0.2) is 0 Å². The Morgan fingerprint density at radius 3 is 2.81 bits per heavy atom. The summed E-state index contributed by atoms with van der Waals surface area (Å²) in [5.41, 5.74) is 3.40. The first-order valence-corrected chi connectivity index (χ1v) is 7.94. The minimum absolute atomic E-state index is 0.604. The normalized spacial score (nSPS) is 16.1. The van der Waals surface area contributed by atoms with E-state index in [1.165, 1.54) is 37.7 Å². The fourth-order valence-corrected chi connectivity index (χ4v) is 3.15. The monoisotopic (exact) mass is 284 g/mol. The number of nitrogens with one attached hydrogen (secondary N) is 1. The molecule has 1 fully saturated rings. The van der Waals surface area contributed by atoms with E-state index in [9.17, 15) is 0 Å². The van der Waals surface area contributed by atoms with Crippen LogP contribution in [0, 0.1) is 13.8 Å². The summed E-state index contributed by atoms with van der Waals surface area (Å²) in [5.74, 6) is 0.990. The molecule has 1 N–H and O–H groups in total. The lowest BCUT2D eigenvalue weighted by atomic mass is 9.95. The van der Waals surface area contributed by atoms with Gasteiger partial charge in [-0.05, 0) is 38.3 Å². The van der Waals surface area contributed by atoms with E-state index in [1.807, 2.05) is 12.3 Å². The third-order valence-corrected chi connectivity index (χ3v) is 4.35.